The van der Waals surface area contributed by atoms with Gasteiger partial charge in [-0.2, -0.15) is 0 Å². The van der Waals surface area contributed by atoms with Crippen LogP contribution in [-0.2, 0) is 9.53 Å². The molecule has 0 aliphatic carbocycles. The lowest BCUT2D eigenvalue weighted by Crippen LogP contribution is -2.37. The molecule has 4 heteroatoms. The molecule has 0 unspecified atom stereocenters. The summed E-state index contributed by atoms with van der Waals surface area (Å²) in [5, 5.41) is 0. The molecule has 0 radical (unpaired) electrons. The van der Waals surface area contributed by atoms with Gasteiger partial charge in [0.05, 0.1) is 13.7 Å². The second-order valence-corrected chi connectivity index (χ2v) is 5.97. The Kier molecular flexibility index (Phi) is 6.95. The zero-order valence-electron chi connectivity index (χ0n) is 12.2. The van der Waals surface area contributed by atoms with Crippen LogP contribution in [-0.4, -0.2) is 42.9 Å². The molecular weight excluding hydrogens is 258 g/mol. The lowest BCUT2D eigenvalue weighted by molar-refractivity contribution is -0.142. The van der Waals surface area contributed by atoms with Gasteiger partial charge in [0.1, 0.15) is 0 Å². The highest BCUT2D eigenvalue weighted by Gasteiger charge is 2.13. The van der Waals surface area contributed by atoms with Gasteiger partial charge in [0.15, 0.2) is 0 Å². The van der Waals surface area contributed by atoms with Crippen LogP contribution >= 0.6 is 11.8 Å². The Morgan fingerprint density at radius 3 is 2.47 bits per heavy atom. The molecular formula is C15H23NO2S. The van der Waals surface area contributed by atoms with E-state index in [0.29, 0.717) is 12.6 Å². The van der Waals surface area contributed by atoms with Crippen LogP contribution < -0.4 is 0 Å². The Hall–Kier alpha value is -1.00. The number of carbonyl (C=O) groups is 1. The van der Waals surface area contributed by atoms with Gasteiger partial charge in [0, 0.05) is 23.2 Å². The van der Waals surface area contributed by atoms with Gasteiger partial charge in [-0.3, -0.25) is 9.69 Å². The fraction of sp³-hybridized carbons (Fsp3) is 0.533. The number of rotatable bonds is 7. The molecule has 0 aromatic heterocycles. The van der Waals surface area contributed by atoms with Crippen LogP contribution in [0.2, 0.25) is 0 Å². The Bertz CT molecular complexity index is 390. The standard InChI is InChI=1S/C15H23NO2S/c1-12(2)16(11-15(17)18-4)9-10-19-14-7-5-13(3)6-8-14/h5-8,12H,9-11H2,1-4H3. The first-order valence-corrected chi connectivity index (χ1v) is 7.52. The molecule has 1 aromatic carbocycles. The molecule has 1 rings (SSSR count). The quantitative estimate of drug-likeness (QED) is 0.568. The number of benzene rings is 1. The van der Waals surface area contributed by atoms with E-state index in [9.17, 15) is 4.79 Å². The first kappa shape index (κ1) is 16.1. The maximum absolute atomic E-state index is 11.3. The van der Waals surface area contributed by atoms with Gasteiger partial charge in [-0.05, 0) is 32.9 Å². The molecule has 0 amide bonds. The van der Waals surface area contributed by atoms with Crippen LogP contribution in [0.1, 0.15) is 19.4 Å². The number of hydrogen-bond donors (Lipinski definition) is 0. The minimum Gasteiger partial charge on any atom is -0.468 e. The third-order valence-corrected chi connectivity index (χ3v) is 3.95. The van der Waals surface area contributed by atoms with E-state index in [1.165, 1.54) is 17.6 Å². The van der Waals surface area contributed by atoms with Crippen molar-refractivity contribution >= 4 is 17.7 Å². The van der Waals surface area contributed by atoms with E-state index in [2.05, 4.69) is 49.9 Å². The second kappa shape index (κ2) is 8.23. The Morgan fingerprint density at radius 2 is 1.95 bits per heavy atom. The van der Waals surface area contributed by atoms with Gasteiger partial charge in [-0.25, -0.2) is 0 Å². The number of carbonyl (C=O) groups excluding carboxylic acids is 1. The van der Waals surface area contributed by atoms with Gasteiger partial charge in [-0.1, -0.05) is 17.7 Å². The Morgan fingerprint density at radius 1 is 1.32 bits per heavy atom. The van der Waals surface area contributed by atoms with E-state index in [0.717, 1.165) is 12.3 Å². The summed E-state index contributed by atoms with van der Waals surface area (Å²) >= 11 is 1.82. The third kappa shape index (κ3) is 6.12. The number of aryl methyl sites for hydroxylation is 1. The summed E-state index contributed by atoms with van der Waals surface area (Å²) in [4.78, 5) is 14.7. The summed E-state index contributed by atoms with van der Waals surface area (Å²) in [6.45, 7) is 7.53. The van der Waals surface area contributed by atoms with Crippen molar-refractivity contribution in [3.63, 3.8) is 0 Å². The van der Waals surface area contributed by atoms with Crippen LogP contribution in [0.3, 0.4) is 0 Å². The van der Waals surface area contributed by atoms with Gasteiger partial charge in [0.2, 0.25) is 0 Å². The summed E-state index contributed by atoms with van der Waals surface area (Å²) in [5.74, 6) is 0.798. The molecule has 0 bridgehead atoms. The molecule has 0 heterocycles. The normalized spacial score (nSPS) is 11.1. The van der Waals surface area contributed by atoms with Crippen LogP contribution in [0.5, 0.6) is 0 Å². The highest BCUT2D eigenvalue weighted by atomic mass is 32.2. The topological polar surface area (TPSA) is 29.5 Å². The van der Waals surface area contributed by atoms with Crippen molar-refractivity contribution in [1.82, 2.24) is 4.90 Å². The summed E-state index contributed by atoms with van der Waals surface area (Å²) < 4.78 is 4.72. The number of nitrogens with zero attached hydrogens (tertiary/aromatic N) is 1. The van der Waals surface area contributed by atoms with Crippen molar-refractivity contribution in [3.05, 3.63) is 29.8 Å². The lowest BCUT2D eigenvalue weighted by atomic mass is 10.2. The second-order valence-electron chi connectivity index (χ2n) is 4.80. The Balaban J connectivity index is 2.39. The average molecular weight is 281 g/mol. The predicted octanol–water partition coefficient (Wildman–Crippen LogP) is 2.97. The van der Waals surface area contributed by atoms with Crippen LogP contribution in [0, 0.1) is 6.92 Å². The minimum absolute atomic E-state index is 0.172. The zero-order chi connectivity index (χ0) is 14.3. The van der Waals surface area contributed by atoms with Crippen LogP contribution in [0.15, 0.2) is 29.2 Å². The number of hydrogen-bond acceptors (Lipinski definition) is 4. The van der Waals surface area contributed by atoms with Crippen molar-refractivity contribution < 1.29 is 9.53 Å². The zero-order valence-corrected chi connectivity index (χ0v) is 13.0. The lowest BCUT2D eigenvalue weighted by Gasteiger charge is -2.24. The number of thioether (sulfide) groups is 1. The van der Waals surface area contributed by atoms with E-state index in [1.807, 2.05) is 11.8 Å². The molecule has 1 aromatic rings. The Labute approximate surface area is 120 Å². The number of esters is 1. The van der Waals surface area contributed by atoms with E-state index in [1.54, 1.807) is 0 Å². The number of methoxy groups -OCH3 is 1. The third-order valence-electron chi connectivity index (χ3n) is 2.96. The van der Waals surface area contributed by atoms with Crippen molar-refractivity contribution in [2.75, 3.05) is 26.0 Å². The SMILES string of the molecule is COC(=O)CN(CCSc1ccc(C)cc1)C(C)C. The maximum atomic E-state index is 11.3. The molecule has 0 saturated heterocycles. The first-order chi connectivity index (χ1) is 9.02. The molecule has 0 spiro atoms. The van der Waals surface area contributed by atoms with Gasteiger partial charge in [-0.15, -0.1) is 11.8 Å². The molecule has 3 nitrogen and oxygen atoms in total. The van der Waals surface area contributed by atoms with E-state index in [4.69, 9.17) is 4.74 Å². The van der Waals surface area contributed by atoms with Gasteiger partial charge >= 0.3 is 5.97 Å². The van der Waals surface area contributed by atoms with E-state index < -0.39 is 0 Å². The summed E-state index contributed by atoms with van der Waals surface area (Å²) in [6, 6.07) is 8.87. The smallest absolute Gasteiger partial charge is 0.319 e. The molecule has 0 aliphatic heterocycles. The fourth-order valence-electron chi connectivity index (χ4n) is 1.67. The van der Waals surface area contributed by atoms with E-state index >= 15 is 0 Å². The van der Waals surface area contributed by atoms with Gasteiger partial charge in [0.25, 0.3) is 0 Å². The highest BCUT2D eigenvalue weighted by Crippen LogP contribution is 2.18. The largest absolute Gasteiger partial charge is 0.468 e. The van der Waals surface area contributed by atoms with Crippen LogP contribution in [0.25, 0.3) is 0 Å². The van der Waals surface area contributed by atoms with Crippen LogP contribution in [0.4, 0.5) is 0 Å². The van der Waals surface area contributed by atoms with Crippen molar-refractivity contribution in [3.8, 4) is 0 Å². The molecule has 0 saturated carbocycles. The van der Waals surface area contributed by atoms with Crippen molar-refractivity contribution in [2.24, 2.45) is 0 Å². The highest BCUT2D eigenvalue weighted by molar-refractivity contribution is 7.99. The van der Waals surface area contributed by atoms with Crippen molar-refractivity contribution in [1.29, 1.82) is 0 Å². The van der Waals surface area contributed by atoms with E-state index in [-0.39, 0.29) is 5.97 Å². The maximum Gasteiger partial charge on any atom is 0.319 e. The monoisotopic (exact) mass is 281 g/mol. The predicted molar refractivity (Wildman–Crippen MR) is 80.6 cm³/mol. The number of ether oxygens (including phenoxy) is 1. The molecule has 19 heavy (non-hydrogen) atoms. The molecule has 106 valence electrons. The average Bonchev–Trinajstić information content (AvgIpc) is 2.39. The molecule has 0 fully saturated rings. The summed E-state index contributed by atoms with van der Waals surface area (Å²) in [7, 11) is 1.43. The first-order valence-electron chi connectivity index (χ1n) is 6.53. The molecule has 0 atom stereocenters. The van der Waals surface area contributed by atoms with Crippen molar-refractivity contribution in [2.45, 2.75) is 31.7 Å². The van der Waals surface area contributed by atoms with Gasteiger partial charge < -0.3 is 4.74 Å². The summed E-state index contributed by atoms with van der Waals surface area (Å²) in [6.07, 6.45) is 0. The fourth-order valence-corrected chi connectivity index (χ4v) is 2.56. The summed E-state index contributed by atoms with van der Waals surface area (Å²) in [5.41, 5.74) is 1.28. The minimum atomic E-state index is -0.172. The molecule has 0 aliphatic rings. The molecule has 0 N–H and O–H groups in total.